The molecule has 0 fully saturated rings. The van der Waals surface area contributed by atoms with Crippen LogP contribution in [0.2, 0.25) is 0 Å². The van der Waals surface area contributed by atoms with Crippen molar-refractivity contribution in [1.29, 1.82) is 0 Å². The fourth-order valence-electron chi connectivity index (χ4n) is 0. The van der Waals surface area contributed by atoms with Crippen molar-refractivity contribution in [1.82, 2.24) is 0 Å². The van der Waals surface area contributed by atoms with Crippen molar-refractivity contribution in [2.24, 2.45) is 0 Å². The second kappa shape index (κ2) is 124. The average Bonchev–Trinajstić information content (AvgIpc) is 2.55. The Labute approximate surface area is 503 Å². The van der Waals surface area contributed by atoms with E-state index in [0.717, 1.165) is 0 Å². The van der Waals surface area contributed by atoms with E-state index >= 15 is 0 Å². The molecule has 0 aromatic rings. The molecule has 33 nitrogen and oxygen atoms in total. The second-order valence-corrected chi connectivity index (χ2v) is 3.81. The van der Waals surface area contributed by atoms with Crippen LogP contribution in [-0.4, -0.2) is 512 Å². The third-order valence-corrected chi connectivity index (χ3v) is 0. The Morgan fingerprint density at radius 1 is 0.0943 bits per heavy atom. The van der Waals surface area contributed by atoms with E-state index in [1.807, 2.05) is 0 Å². The molecular formula is H42B11Na9O33. The summed E-state index contributed by atoms with van der Waals surface area (Å²) >= 11 is 0. The predicted octanol–water partition coefficient (Wildman–Crippen LogP) is -28.4. The molecule has 0 aromatic carbocycles. The van der Waals surface area contributed by atoms with Gasteiger partial charge in [0.1, 0.15) is 0 Å². The first-order chi connectivity index (χ1) is 19.1. The van der Waals surface area contributed by atoms with Crippen LogP contribution in [-0.2, 0) is 0 Å². The van der Waals surface area contributed by atoms with Crippen LogP contribution in [0.15, 0.2) is 0 Å². The van der Waals surface area contributed by atoms with Gasteiger partial charge in [-0.05, 0) is 0 Å². The van der Waals surface area contributed by atoms with E-state index in [9.17, 15) is 0 Å². The van der Waals surface area contributed by atoms with Gasteiger partial charge in [-0.1, -0.05) is 0 Å². The molecule has 0 unspecified atom stereocenters. The molecule has 0 radical (unpaired) electrons. The van der Waals surface area contributed by atoms with Gasteiger partial charge in [0, 0.05) is 0 Å². The third kappa shape index (κ3) is 2920. The van der Waals surface area contributed by atoms with Crippen LogP contribution in [0, 0.1) is 0 Å². The third-order valence-electron chi connectivity index (χ3n) is 0. The molecule has 0 aromatic heterocycles. The van der Waals surface area contributed by atoms with Crippen LogP contribution in [0.5, 0.6) is 0 Å². The molecule has 0 aliphatic heterocycles. The Morgan fingerprint density at radius 2 is 0.0943 bits per heavy atom. The molecule has 0 saturated carbocycles. The molecule has 33 N–H and O–H groups in total. The summed E-state index contributed by atoms with van der Waals surface area (Å²) in [5, 5.41) is 236. The van der Waals surface area contributed by atoms with E-state index in [1.54, 1.807) is 0 Å². The van der Waals surface area contributed by atoms with Crippen LogP contribution in [0.25, 0.3) is 0 Å². The van der Waals surface area contributed by atoms with Crippen molar-refractivity contribution in [3.05, 3.63) is 0 Å². The molecule has 0 spiro atoms. The van der Waals surface area contributed by atoms with Crippen LogP contribution >= 0.6 is 0 Å². The van der Waals surface area contributed by atoms with Crippen LogP contribution in [0.3, 0.4) is 0 Å². The van der Waals surface area contributed by atoms with Gasteiger partial charge in [0.15, 0.2) is 0 Å². The van der Waals surface area contributed by atoms with Gasteiger partial charge >= 0.3 is 347 Å². The summed E-state index contributed by atoms with van der Waals surface area (Å²) < 4.78 is 0. The summed E-state index contributed by atoms with van der Waals surface area (Å²) in [4.78, 5) is 0. The summed E-state index contributed by atoms with van der Waals surface area (Å²) in [6.07, 6.45) is 0. The second-order valence-electron chi connectivity index (χ2n) is 3.81. The van der Waals surface area contributed by atoms with Crippen molar-refractivity contribution >= 4 is 347 Å². The molecule has 0 aliphatic rings. The minimum absolute atomic E-state index is 0. The normalized spacial score (nSPS) is 5.60. The van der Waals surface area contributed by atoms with Crippen LogP contribution in [0.4, 0.5) is 0 Å². The molecule has 0 saturated heterocycles. The maximum absolute atomic E-state index is 7.17. The van der Waals surface area contributed by atoms with Crippen molar-refractivity contribution in [2.75, 3.05) is 0 Å². The number of hydrogen-bond donors (Lipinski definition) is 33. The van der Waals surface area contributed by atoms with E-state index in [4.69, 9.17) is 166 Å². The Hall–Kier alpha value is 8.39. The SMILES string of the molecule is OB(O)O.OB(O)O.OB(O)O.OB(O)O.OB(O)O.OB(O)O.OB(O)O.OB(O)O.OB(O)O.OB(O)O.OB(O)O.[NaH].[NaH].[NaH].[NaH].[NaH].[NaH].[NaH].[NaH].[NaH]. The zero-order valence-corrected chi connectivity index (χ0v) is 21.1. The van der Waals surface area contributed by atoms with Gasteiger partial charge in [-0.3, -0.25) is 0 Å². The molecule has 0 rings (SSSR count). The molecule has 0 atom stereocenters. The first-order valence-corrected chi connectivity index (χ1v) is 8.52. The Morgan fingerprint density at radius 3 is 0.0943 bits per heavy atom. The zero-order chi connectivity index (χ0) is 39.4. The van der Waals surface area contributed by atoms with E-state index in [0.29, 0.717) is 0 Å². The van der Waals surface area contributed by atoms with Crippen molar-refractivity contribution in [3.8, 4) is 0 Å². The molecule has 53 heavy (non-hydrogen) atoms. The quantitative estimate of drug-likeness (QED) is 0.100. The predicted molar refractivity (Wildman–Crippen MR) is 201 cm³/mol. The van der Waals surface area contributed by atoms with Gasteiger partial charge < -0.3 is 166 Å². The summed E-state index contributed by atoms with van der Waals surface area (Å²) in [6, 6.07) is 0. The summed E-state index contributed by atoms with van der Waals surface area (Å²) in [5.74, 6) is 0. The van der Waals surface area contributed by atoms with Gasteiger partial charge in [-0.25, -0.2) is 0 Å². The summed E-state index contributed by atoms with van der Waals surface area (Å²) in [5.41, 5.74) is 0. The maximum atomic E-state index is 7.17. The summed E-state index contributed by atoms with van der Waals surface area (Å²) in [7, 11) is -23.8. The summed E-state index contributed by atoms with van der Waals surface area (Å²) in [6.45, 7) is 0. The first-order valence-electron chi connectivity index (χ1n) is 8.52. The van der Waals surface area contributed by atoms with E-state index in [-0.39, 0.29) is 266 Å². The molecule has 53 heteroatoms. The van der Waals surface area contributed by atoms with E-state index in [2.05, 4.69) is 0 Å². The number of rotatable bonds is 0. The van der Waals surface area contributed by atoms with Crippen molar-refractivity contribution in [3.63, 3.8) is 0 Å². The van der Waals surface area contributed by atoms with E-state index in [1.165, 1.54) is 0 Å². The minimum atomic E-state index is -2.17. The standard InChI is InChI=1S/11BH3O3.9Na.9H/c11*2-1(3)4;;;;;;;;;;;;;;;;;;/h11*2-4H;;;;;;;;;;;;;;;;;;. The van der Waals surface area contributed by atoms with Gasteiger partial charge in [0.05, 0.1) is 0 Å². The van der Waals surface area contributed by atoms with Crippen LogP contribution < -0.4 is 0 Å². The molecule has 0 heterocycles. The Kier molecular flexibility index (Phi) is 307. The van der Waals surface area contributed by atoms with E-state index < -0.39 is 80.5 Å². The van der Waals surface area contributed by atoms with Crippen molar-refractivity contribution < 1.29 is 166 Å². The molecular weight excluding hydrogens is 854 g/mol. The number of hydrogen-bond acceptors (Lipinski definition) is 33. The molecule has 0 aliphatic carbocycles. The fraction of sp³-hybridized carbons (Fsp3) is 0. The zero-order valence-electron chi connectivity index (χ0n) is 21.1. The Bertz CT molecular complexity index is 237. The fourth-order valence-corrected chi connectivity index (χ4v) is 0. The Balaban J connectivity index is -0.0000000123. The average molecular weight is 896 g/mol. The topological polar surface area (TPSA) is 668 Å². The first kappa shape index (κ1) is 131. The molecule has 0 amide bonds. The molecule has 282 valence electrons. The van der Waals surface area contributed by atoms with Gasteiger partial charge in [-0.2, -0.15) is 0 Å². The van der Waals surface area contributed by atoms with Gasteiger partial charge in [-0.15, -0.1) is 0 Å². The van der Waals surface area contributed by atoms with Gasteiger partial charge in [0.2, 0.25) is 0 Å². The van der Waals surface area contributed by atoms with Crippen LogP contribution in [0.1, 0.15) is 0 Å². The molecule has 0 bridgehead atoms. The van der Waals surface area contributed by atoms with Gasteiger partial charge in [0.25, 0.3) is 0 Å². The van der Waals surface area contributed by atoms with Crippen molar-refractivity contribution in [2.45, 2.75) is 0 Å². The monoisotopic (exact) mass is 898 g/mol.